The third-order valence-electron chi connectivity index (χ3n) is 3.56. The van der Waals surface area contributed by atoms with Crippen molar-refractivity contribution in [3.8, 4) is 0 Å². The van der Waals surface area contributed by atoms with Gasteiger partial charge < -0.3 is 20.3 Å². The maximum Gasteiger partial charge on any atom is 0.0897 e. The SMILES string of the molecule is CCCCC(CC)COCC(O)CNC(CC)CO. The molecule has 3 atom stereocenters. The Balaban J connectivity index is 3.62. The van der Waals surface area contributed by atoms with Gasteiger partial charge in [0.15, 0.2) is 0 Å². The van der Waals surface area contributed by atoms with Crippen molar-refractivity contribution in [1.82, 2.24) is 5.32 Å². The van der Waals surface area contributed by atoms with E-state index in [2.05, 4.69) is 19.2 Å². The van der Waals surface area contributed by atoms with E-state index >= 15 is 0 Å². The Labute approximate surface area is 118 Å². The summed E-state index contributed by atoms with van der Waals surface area (Å²) in [6.45, 7) is 8.10. The highest BCUT2D eigenvalue weighted by Crippen LogP contribution is 2.12. The summed E-state index contributed by atoms with van der Waals surface area (Å²) in [6, 6.07) is 0.0718. The van der Waals surface area contributed by atoms with Crippen molar-refractivity contribution >= 4 is 0 Å². The van der Waals surface area contributed by atoms with E-state index in [0.29, 0.717) is 19.1 Å². The largest absolute Gasteiger partial charge is 0.395 e. The predicted molar refractivity (Wildman–Crippen MR) is 79.3 cm³/mol. The summed E-state index contributed by atoms with van der Waals surface area (Å²) < 4.78 is 5.59. The second kappa shape index (κ2) is 12.9. The van der Waals surface area contributed by atoms with E-state index in [1.165, 1.54) is 19.3 Å². The Hall–Kier alpha value is -0.160. The van der Waals surface area contributed by atoms with Crippen molar-refractivity contribution in [2.45, 2.75) is 65.0 Å². The second-order valence-electron chi connectivity index (χ2n) is 5.30. The fourth-order valence-corrected chi connectivity index (χ4v) is 1.97. The van der Waals surface area contributed by atoms with Gasteiger partial charge in [-0.15, -0.1) is 0 Å². The van der Waals surface area contributed by atoms with Crippen LogP contribution in [-0.4, -0.2) is 48.7 Å². The van der Waals surface area contributed by atoms with Crippen LogP contribution in [0.3, 0.4) is 0 Å². The minimum atomic E-state index is -0.496. The van der Waals surface area contributed by atoms with Gasteiger partial charge in [0.1, 0.15) is 0 Å². The molecular formula is C15H33NO3. The minimum Gasteiger partial charge on any atom is -0.395 e. The Bertz CT molecular complexity index is 186. The quantitative estimate of drug-likeness (QED) is 0.481. The molecule has 3 unspecified atom stereocenters. The Morgan fingerprint density at radius 1 is 1.11 bits per heavy atom. The lowest BCUT2D eigenvalue weighted by Crippen LogP contribution is -2.39. The molecule has 0 rings (SSSR count). The molecule has 4 nitrogen and oxygen atoms in total. The van der Waals surface area contributed by atoms with Crippen LogP contribution in [-0.2, 0) is 4.74 Å². The van der Waals surface area contributed by atoms with Gasteiger partial charge in [-0.1, -0.05) is 40.0 Å². The average molecular weight is 275 g/mol. The normalized spacial score (nSPS) is 16.3. The molecule has 0 aliphatic heterocycles. The maximum atomic E-state index is 9.78. The summed E-state index contributed by atoms with van der Waals surface area (Å²) in [6.07, 6.45) is 5.19. The molecule has 0 amide bonds. The van der Waals surface area contributed by atoms with Gasteiger partial charge in [0.25, 0.3) is 0 Å². The van der Waals surface area contributed by atoms with Gasteiger partial charge >= 0.3 is 0 Å². The van der Waals surface area contributed by atoms with E-state index in [0.717, 1.165) is 19.4 Å². The van der Waals surface area contributed by atoms with Gasteiger partial charge in [-0.2, -0.15) is 0 Å². The maximum absolute atomic E-state index is 9.78. The minimum absolute atomic E-state index is 0.0718. The van der Waals surface area contributed by atoms with Gasteiger partial charge in [0.2, 0.25) is 0 Å². The highest BCUT2D eigenvalue weighted by atomic mass is 16.5. The lowest BCUT2D eigenvalue weighted by atomic mass is 10.0. The second-order valence-corrected chi connectivity index (χ2v) is 5.30. The molecule has 0 bridgehead atoms. The van der Waals surface area contributed by atoms with Crippen LogP contribution in [0.2, 0.25) is 0 Å². The third-order valence-corrected chi connectivity index (χ3v) is 3.56. The van der Waals surface area contributed by atoms with Crippen molar-refractivity contribution in [3.63, 3.8) is 0 Å². The monoisotopic (exact) mass is 275 g/mol. The van der Waals surface area contributed by atoms with Crippen molar-refractivity contribution < 1.29 is 14.9 Å². The Kier molecular flexibility index (Phi) is 12.7. The molecule has 0 spiro atoms. The van der Waals surface area contributed by atoms with Crippen LogP contribution in [0.4, 0.5) is 0 Å². The number of ether oxygens (including phenoxy) is 1. The molecule has 0 aliphatic carbocycles. The molecule has 19 heavy (non-hydrogen) atoms. The first-order valence-electron chi connectivity index (χ1n) is 7.77. The predicted octanol–water partition coefficient (Wildman–Crippen LogP) is 1.94. The zero-order valence-electron chi connectivity index (χ0n) is 12.9. The average Bonchev–Trinajstić information content (AvgIpc) is 2.43. The smallest absolute Gasteiger partial charge is 0.0897 e. The molecule has 0 aromatic rings. The molecule has 0 aromatic heterocycles. The van der Waals surface area contributed by atoms with Crippen LogP contribution in [0.5, 0.6) is 0 Å². The summed E-state index contributed by atoms with van der Waals surface area (Å²) in [4.78, 5) is 0. The number of rotatable bonds is 13. The lowest BCUT2D eigenvalue weighted by molar-refractivity contribution is 0.0174. The number of aliphatic hydroxyl groups is 2. The fraction of sp³-hybridized carbons (Fsp3) is 1.00. The molecule has 0 radical (unpaired) electrons. The number of unbranched alkanes of at least 4 members (excludes halogenated alkanes) is 1. The first-order chi connectivity index (χ1) is 9.17. The van der Waals surface area contributed by atoms with Gasteiger partial charge in [-0.05, 0) is 18.8 Å². The van der Waals surface area contributed by atoms with Crippen LogP contribution >= 0.6 is 0 Å². The van der Waals surface area contributed by atoms with Gasteiger partial charge in [-0.3, -0.25) is 0 Å². The summed E-state index contributed by atoms with van der Waals surface area (Å²) in [5.74, 6) is 0.612. The summed E-state index contributed by atoms with van der Waals surface area (Å²) in [5.41, 5.74) is 0. The molecule has 0 aromatic carbocycles. The standard InChI is InChI=1S/C15H33NO3/c1-4-7-8-13(5-2)11-19-12-15(18)9-16-14(6-3)10-17/h13-18H,4-12H2,1-3H3. The molecule has 0 saturated carbocycles. The molecule has 0 fully saturated rings. The number of hydrogen-bond donors (Lipinski definition) is 3. The zero-order valence-corrected chi connectivity index (χ0v) is 12.9. The molecule has 0 saturated heterocycles. The summed E-state index contributed by atoms with van der Waals surface area (Å²) in [7, 11) is 0. The van der Waals surface area contributed by atoms with Gasteiger partial charge in [0.05, 0.1) is 19.3 Å². The Morgan fingerprint density at radius 3 is 2.37 bits per heavy atom. The molecule has 116 valence electrons. The first-order valence-corrected chi connectivity index (χ1v) is 7.77. The summed E-state index contributed by atoms with van der Waals surface area (Å²) >= 11 is 0. The van der Waals surface area contributed by atoms with Gasteiger partial charge in [0, 0.05) is 19.2 Å². The highest BCUT2D eigenvalue weighted by Gasteiger charge is 2.10. The topological polar surface area (TPSA) is 61.7 Å². The van der Waals surface area contributed by atoms with E-state index in [1.54, 1.807) is 0 Å². The van der Waals surface area contributed by atoms with E-state index in [1.807, 2.05) is 6.92 Å². The molecule has 0 aliphatic rings. The number of hydrogen-bond acceptors (Lipinski definition) is 4. The van der Waals surface area contributed by atoms with Gasteiger partial charge in [-0.25, -0.2) is 0 Å². The summed E-state index contributed by atoms with van der Waals surface area (Å²) in [5, 5.41) is 21.9. The van der Waals surface area contributed by atoms with Crippen molar-refractivity contribution in [1.29, 1.82) is 0 Å². The van der Waals surface area contributed by atoms with Crippen molar-refractivity contribution in [2.24, 2.45) is 5.92 Å². The van der Waals surface area contributed by atoms with Crippen LogP contribution in [0.15, 0.2) is 0 Å². The first kappa shape index (κ1) is 18.8. The van der Waals surface area contributed by atoms with E-state index in [4.69, 9.17) is 9.84 Å². The van der Waals surface area contributed by atoms with Crippen molar-refractivity contribution in [3.05, 3.63) is 0 Å². The number of nitrogens with one attached hydrogen (secondary N) is 1. The van der Waals surface area contributed by atoms with E-state index in [9.17, 15) is 5.11 Å². The third kappa shape index (κ3) is 10.3. The van der Waals surface area contributed by atoms with Crippen LogP contribution < -0.4 is 5.32 Å². The molecular weight excluding hydrogens is 242 g/mol. The van der Waals surface area contributed by atoms with E-state index in [-0.39, 0.29) is 12.6 Å². The molecule has 4 heteroatoms. The highest BCUT2D eigenvalue weighted by molar-refractivity contribution is 4.67. The van der Waals surface area contributed by atoms with Crippen LogP contribution in [0.25, 0.3) is 0 Å². The fourth-order valence-electron chi connectivity index (χ4n) is 1.97. The number of aliphatic hydroxyl groups excluding tert-OH is 2. The van der Waals surface area contributed by atoms with Crippen molar-refractivity contribution in [2.75, 3.05) is 26.4 Å². The lowest BCUT2D eigenvalue weighted by Gasteiger charge is -2.19. The molecule has 3 N–H and O–H groups in total. The van der Waals surface area contributed by atoms with E-state index < -0.39 is 6.10 Å². The Morgan fingerprint density at radius 2 is 1.84 bits per heavy atom. The van der Waals surface area contributed by atoms with Crippen LogP contribution in [0.1, 0.15) is 52.9 Å². The zero-order chi connectivity index (χ0) is 14.5. The molecule has 0 heterocycles. The van der Waals surface area contributed by atoms with Crippen LogP contribution in [0, 0.1) is 5.92 Å².